The zero-order valence-corrected chi connectivity index (χ0v) is 14.6. The third-order valence-corrected chi connectivity index (χ3v) is 5.77. The SMILES string of the molecule is O=C(N[C@H]1CCCc2ccccc21)c1c[nH]cc1-c1ccc(Cl)s1. The van der Waals surface area contributed by atoms with Gasteiger partial charge < -0.3 is 10.3 Å². The Morgan fingerprint density at radius 2 is 2.08 bits per heavy atom. The largest absolute Gasteiger partial charge is 0.366 e. The fourth-order valence-electron chi connectivity index (χ4n) is 3.35. The normalized spacial score (nSPS) is 16.6. The van der Waals surface area contributed by atoms with Gasteiger partial charge in [-0.25, -0.2) is 0 Å². The van der Waals surface area contributed by atoms with Crippen LogP contribution in [-0.4, -0.2) is 10.9 Å². The van der Waals surface area contributed by atoms with Crippen LogP contribution in [0.2, 0.25) is 4.34 Å². The molecule has 1 atom stereocenters. The summed E-state index contributed by atoms with van der Waals surface area (Å²) in [5, 5.41) is 3.21. The number of nitrogens with one attached hydrogen (secondary N) is 2. The highest BCUT2D eigenvalue weighted by Crippen LogP contribution is 2.34. The van der Waals surface area contributed by atoms with E-state index in [1.54, 1.807) is 6.20 Å². The van der Waals surface area contributed by atoms with Crippen LogP contribution in [0, 0.1) is 0 Å². The van der Waals surface area contributed by atoms with Crippen molar-refractivity contribution >= 4 is 28.8 Å². The van der Waals surface area contributed by atoms with Crippen LogP contribution in [0.5, 0.6) is 0 Å². The molecule has 0 spiro atoms. The average Bonchev–Trinajstić information content (AvgIpc) is 3.24. The van der Waals surface area contributed by atoms with Gasteiger partial charge in [-0.05, 0) is 42.5 Å². The first-order chi connectivity index (χ1) is 11.7. The first-order valence-electron chi connectivity index (χ1n) is 8.03. The molecule has 3 aromatic rings. The minimum Gasteiger partial charge on any atom is -0.366 e. The molecular weight excluding hydrogens is 340 g/mol. The van der Waals surface area contributed by atoms with E-state index < -0.39 is 0 Å². The van der Waals surface area contributed by atoms with Crippen molar-refractivity contribution in [2.24, 2.45) is 0 Å². The van der Waals surface area contributed by atoms with Crippen LogP contribution in [0.25, 0.3) is 10.4 Å². The molecule has 1 aliphatic rings. The molecule has 2 heterocycles. The Morgan fingerprint density at radius 3 is 2.92 bits per heavy atom. The Hall–Kier alpha value is -2.04. The van der Waals surface area contributed by atoms with Crippen molar-refractivity contribution in [1.29, 1.82) is 0 Å². The van der Waals surface area contributed by atoms with E-state index in [4.69, 9.17) is 11.6 Å². The predicted molar refractivity (Wildman–Crippen MR) is 98.7 cm³/mol. The lowest BCUT2D eigenvalue weighted by Gasteiger charge is -2.26. The summed E-state index contributed by atoms with van der Waals surface area (Å²) in [4.78, 5) is 16.9. The van der Waals surface area contributed by atoms with Gasteiger partial charge in [0.15, 0.2) is 0 Å². The van der Waals surface area contributed by atoms with E-state index in [1.807, 2.05) is 24.4 Å². The molecule has 1 amide bonds. The third kappa shape index (κ3) is 2.87. The van der Waals surface area contributed by atoms with Crippen molar-refractivity contribution in [2.45, 2.75) is 25.3 Å². The highest BCUT2D eigenvalue weighted by atomic mass is 35.5. The molecule has 24 heavy (non-hydrogen) atoms. The lowest BCUT2D eigenvalue weighted by atomic mass is 9.87. The second kappa shape index (κ2) is 6.46. The molecule has 2 aromatic heterocycles. The standard InChI is InChI=1S/C19H17ClN2OS/c20-18-9-8-17(24-18)14-10-21-11-15(14)19(23)22-16-7-3-5-12-4-1-2-6-13(12)16/h1-2,4,6,8-11,16,21H,3,5,7H2,(H,22,23)/t16-/m0/s1. The topological polar surface area (TPSA) is 44.9 Å². The number of rotatable bonds is 3. The van der Waals surface area contributed by atoms with Crippen LogP contribution in [0.1, 0.15) is 40.4 Å². The van der Waals surface area contributed by atoms with Gasteiger partial charge in [-0.15, -0.1) is 11.3 Å². The second-order valence-electron chi connectivity index (χ2n) is 6.00. The van der Waals surface area contributed by atoms with Crippen LogP contribution >= 0.6 is 22.9 Å². The van der Waals surface area contributed by atoms with Crippen molar-refractivity contribution in [1.82, 2.24) is 10.3 Å². The first kappa shape index (κ1) is 15.5. The van der Waals surface area contributed by atoms with Crippen LogP contribution in [-0.2, 0) is 6.42 Å². The molecule has 1 aromatic carbocycles. The number of H-pyrrole nitrogens is 1. The molecule has 122 valence electrons. The number of hydrogen-bond donors (Lipinski definition) is 2. The summed E-state index contributed by atoms with van der Waals surface area (Å²) >= 11 is 7.51. The molecular formula is C19H17ClN2OS. The molecule has 2 N–H and O–H groups in total. The van der Waals surface area contributed by atoms with Gasteiger partial charge in [-0.3, -0.25) is 4.79 Å². The van der Waals surface area contributed by atoms with Gasteiger partial charge in [0.25, 0.3) is 5.91 Å². The number of thiophene rings is 1. The number of fused-ring (bicyclic) bond motifs is 1. The van der Waals surface area contributed by atoms with Crippen LogP contribution in [0.4, 0.5) is 0 Å². The number of carbonyl (C=O) groups excluding carboxylic acids is 1. The van der Waals surface area contributed by atoms with Gasteiger partial charge in [0.1, 0.15) is 0 Å². The summed E-state index contributed by atoms with van der Waals surface area (Å²) in [6.07, 6.45) is 6.78. The number of aryl methyl sites for hydroxylation is 1. The molecule has 0 aliphatic heterocycles. The van der Waals surface area contributed by atoms with Gasteiger partial charge in [0, 0.05) is 22.8 Å². The quantitative estimate of drug-likeness (QED) is 0.665. The molecule has 3 nitrogen and oxygen atoms in total. The summed E-state index contributed by atoms with van der Waals surface area (Å²) in [5.41, 5.74) is 4.15. The molecule has 0 saturated heterocycles. The van der Waals surface area contributed by atoms with Gasteiger partial charge in [-0.1, -0.05) is 35.9 Å². The number of amides is 1. The smallest absolute Gasteiger partial charge is 0.253 e. The van der Waals surface area contributed by atoms with Crippen LogP contribution in [0.3, 0.4) is 0 Å². The van der Waals surface area contributed by atoms with Crippen molar-refractivity contribution in [3.8, 4) is 10.4 Å². The molecule has 0 unspecified atom stereocenters. The Balaban J connectivity index is 1.59. The monoisotopic (exact) mass is 356 g/mol. The van der Waals surface area contributed by atoms with Crippen LogP contribution in [0.15, 0.2) is 48.8 Å². The fraction of sp³-hybridized carbons (Fsp3) is 0.211. The van der Waals surface area contributed by atoms with E-state index in [-0.39, 0.29) is 11.9 Å². The zero-order valence-electron chi connectivity index (χ0n) is 13.0. The van der Waals surface area contributed by atoms with Gasteiger partial charge in [0.2, 0.25) is 0 Å². The molecule has 0 saturated carbocycles. The van der Waals surface area contributed by atoms with Crippen LogP contribution < -0.4 is 5.32 Å². The summed E-state index contributed by atoms with van der Waals surface area (Å²) in [7, 11) is 0. The minimum atomic E-state index is -0.0440. The van der Waals surface area contributed by atoms with Gasteiger partial charge >= 0.3 is 0 Å². The third-order valence-electron chi connectivity index (χ3n) is 4.50. The summed E-state index contributed by atoms with van der Waals surface area (Å²) in [6, 6.07) is 12.3. The average molecular weight is 357 g/mol. The highest BCUT2D eigenvalue weighted by Gasteiger charge is 2.23. The van der Waals surface area contributed by atoms with E-state index >= 15 is 0 Å². The fourth-order valence-corrected chi connectivity index (χ4v) is 4.43. The Bertz CT molecular complexity index is 883. The molecule has 0 fully saturated rings. The minimum absolute atomic E-state index is 0.0440. The Morgan fingerprint density at radius 1 is 1.21 bits per heavy atom. The van der Waals surface area contributed by atoms with E-state index in [1.165, 1.54) is 22.5 Å². The second-order valence-corrected chi connectivity index (χ2v) is 7.72. The molecule has 4 rings (SSSR count). The van der Waals surface area contributed by atoms with Crippen molar-refractivity contribution in [3.05, 3.63) is 69.8 Å². The molecule has 1 aliphatic carbocycles. The maximum atomic E-state index is 12.8. The van der Waals surface area contributed by atoms with Gasteiger partial charge in [0.05, 0.1) is 15.9 Å². The van der Waals surface area contributed by atoms with E-state index in [0.29, 0.717) is 5.56 Å². The van der Waals surface area contributed by atoms with E-state index in [0.717, 1.165) is 34.0 Å². The van der Waals surface area contributed by atoms with Crippen molar-refractivity contribution in [2.75, 3.05) is 0 Å². The lowest BCUT2D eigenvalue weighted by Crippen LogP contribution is -2.31. The molecule has 0 bridgehead atoms. The number of benzene rings is 1. The molecule has 0 radical (unpaired) electrons. The van der Waals surface area contributed by atoms with Crippen molar-refractivity contribution < 1.29 is 4.79 Å². The zero-order chi connectivity index (χ0) is 16.5. The number of carbonyl (C=O) groups is 1. The predicted octanol–water partition coefficient (Wildman–Crippen LogP) is 5.20. The highest BCUT2D eigenvalue weighted by molar-refractivity contribution is 7.19. The Labute approximate surface area is 149 Å². The first-order valence-corrected chi connectivity index (χ1v) is 9.23. The van der Waals surface area contributed by atoms with E-state index in [9.17, 15) is 4.79 Å². The molecule has 5 heteroatoms. The number of aromatic amines is 1. The summed E-state index contributed by atoms with van der Waals surface area (Å²) in [6.45, 7) is 0. The number of hydrogen-bond acceptors (Lipinski definition) is 2. The number of halogens is 1. The van der Waals surface area contributed by atoms with E-state index in [2.05, 4.69) is 28.5 Å². The van der Waals surface area contributed by atoms with Gasteiger partial charge in [-0.2, -0.15) is 0 Å². The van der Waals surface area contributed by atoms with Crippen molar-refractivity contribution in [3.63, 3.8) is 0 Å². The maximum absolute atomic E-state index is 12.8. The summed E-state index contributed by atoms with van der Waals surface area (Å²) in [5.74, 6) is -0.0440. The maximum Gasteiger partial charge on any atom is 0.253 e. The Kier molecular flexibility index (Phi) is 4.17. The summed E-state index contributed by atoms with van der Waals surface area (Å²) < 4.78 is 0.721. The number of aromatic nitrogens is 1. The lowest BCUT2D eigenvalue weighted by molar-refractivity contribution is 0.0933.